The van der Waals surface area contributed by atoms with Crippen molar-refractivity contribution in [3.63, 3.8) is 0 Å². The summed E-state index contributed by atoms with van der Waals surface area (Å²) in [6.45, 7) is 3.71. The van der Waals surface area contributed by atoms with Crippen molar-refractivity contribution in [2.75, 3.05) is 37.0 Å². The highest BCUT2D eigenvalue weighted by molar-refractivity contribution is 7.98. The van der Waals surface area contributed by atoms with Crippen LogP contribution in [0.3, 0.4) is 0 Å². The second kappa shape index (κ2) is 8.22. The molecule has 0 aromatic carbocycles. The maximum absolute atomic E-state index is 12.4. The third-order valence-corrected chi connectivity index (χ3v) is 5.02. The normalized spacial score (nSPS) is 17.7. The summed E-state index contributed by atoms with van der Waals surface area (Å²) in [6, 6.07) is 1.65. The van der Waals surface area contributed by atoms with Gasteiger partial charge in [-0.1, -0.05) is 11.6 Å². The lowest BCUT2D eigenvalue weighted by Gasteiger charge is -2.27. The van der Waals surface area contributed by atoms with Gasteiger partial charge in [-0.2, -0.15) is 11.8 Å². The van der Waals surface area contributed by atoms with Crippen molar-refractivity contribution in [1.29, 1.82) is 0 Å². The molecule has 1 aromatic rings. The Morgan fingerprint density at radius 1 is 1.48 bits per heavy atom. The number of rotatable bonds is 6. The maximum Gasteiger partial charge on any atom is 0.255 e. The van der Waals surface area contributed by atoms with E-state index in [0.717, 1.165) is 25.9 Å². The van der Waals surface area contributed by atoms with E-state index in [0.29, 0.717) is 28.7 Å². The SMILES string of the molecule is CSCC(C)(O)CNc1ncc(C(=O)N2CCCCC2)cc1Cl. The van der Waals surface area contributed by atoms with Gasteiger partial charge < -0.3 is 15.3 Å². The third-order valence-electron chi connectivity index (χ3n) is 3.82. The Bertz CT molecular complexity index is 548. The van der Waals surface area contributed by atoms with Crippen LogP contribution in [0.25, 0.3) is 0 Å². The van der Waals surface area contributed by atoms with Gasteiger partial charge in [-0.3, -0.25) is 4.79 Å². The van der Waals surface area contributed by atoms with Crippen LogP contribution in [-0.4, -0.2) is 58.1 Å². The zero-order valence-corrected chi connectivity index (χ0v) is 15.2. The highest BCUT2D eigenvalue weighted by Crippen LogP contribution is 2.23. The highest BCUT2D eigenvalue weighted by atomic mass is 35.5. The van der Waals surface area contributed by atoms with Gasteiger partial charge >= 0.3 is 0 Å². The van der Waals surface area contributed by atoms with Gasteiger partial charge in [-0.05, 0) is 38.5 Å². The molecule has 0 saturated carbocycles. The van der Waals surface area contributed by atoms with Gasteiger partial charge in [-0.25, -0.2) is 4.98 Å². The number of halogens is 1. The molecule has 1 fully saturated rings. The van der Waals surface area contributed by atoms with Crippen LogP contribution in [0.2, 0.25) is 5.02 Å². The Morgan fingerprint density at radius 2 is 2.17 bits per heavy atom. The Balaban J connectivity index is 2.01. The van der Waals surface area contributed by atoms with Crippen molar-refractivity contribution in [2.24, 2.45) is 0 Å². The van der Waals surface area contributed by atoms with Crippen molar-refractivity contribution in [1.82, 2.24) is 9.88 Å². The fraction of sp³-hybridized carbons (Fsp3) is 0.625. The molecule has 23 heavy (non-hydrogen) atoms. The minimum atomic E-state index is -0.841. The molecule has 1 amide bonds. The van der Waals surface area contributed by atoms with E-state index in [9.17, 15) is 9.90 Å². The van der Waals surface area contributed by atoms with Crippen LogP contribution in [0, 0.1) is 0 Å². The first-order valence-corrected chi connectivity index (χ1v) is 9.60. The fourth-order valence-corrected chi connectivity index (χ4v) is 3.56. The number of pyridine rings is 1. The molecule has 128 valence electrons. The van der Waals surface area contributed by atoms with E-state index in [2.05, 4.69) is 10.3 Å². The maximum atomic E-state index is 12.4. The number of carbonyl (C=O) groups is 1. The third kappa shape index (κ3) is 5.26. The van der Waals surface area contributed by atoms with E-state index in [1.54, 1.807) is 30.9 Å². The molecule has 1 aliphatic rings. The van der Waals surface area contributed by atoms with Gasteiger partial charge in [0.1, 0.15) is 5.82 Å². The average molecular weight is 358 g/mol. The zero-order valence-electron chi connectivity index (χ0n) is 13.6. The summed E-state index contributed by atoms with van der Waals surface area (Å²) in [5, 5.41) is 13.6. The number of amides is 1. The minimum Gasteiger partial charge on any atom is -0.387 e. The van der Waals surface area contributed by atoms with Crippen molar-refractivity contribution in [3.05, 3.63) is 22.8 Å². The monoisotopic (exact) mass is 357 g/mol. The van der Waals surface area contributed by atoms with Crippen LogP contribution in [0.1, 0.15) is 36.5 Å². The molecular formula is C16H24ClN3O2S. The molecule has 1 aliphatic heterocycles. The van der Waals surface area contributed by atoms with Gasteiger partial charge in [-0.15, -0.1) is 0 Å². The summed E-state index contributed by atoms with van der Waals surface area (Å²) < 4.78 is 0. The van der Waals surface area contributed by atoms with Crippen LogP contribution in [0.5, 0.6) is 0 Å². The van der Waals surface area contributed by atoms with Crippen molar-refractivity contribution < 1.29 is 9.90 Å². The van der Waals surface area contributed by atoms with Crippen LogP contribution in [-0.2, 0) is 0 Å². The zero-order chi connectivity index (χ0) is 16.9. The summed E-state index contributed by atoms with van der Waals surface area (Å²) >= 11 is 7.81. The number of carbonyl (C=O) groups excluding carboxylic acids is 1. The second-order valence-electron chi connectivity index (χ2n) is 6.19. The minimum absolute atomic E-state index is 0.0139. The molecule has 0 bridgehead atoms. The first-order chi connectivity index (χ1) is 10.9. The molecular weight excluding hydrogens is 334 g/mol. The molecule has 1 unspecified atom stereocenters. The molecule has 1 aromatic heterocycles. The van der Waals surface area contributed by atoms with Crippen LogP contribution in [0.4, 0.5) is 5.82 Å². The molecule has 1 atom stereocenters. The Labute approximate surface area is 146 Å². The molecule has 2 N–H and O–H groups in total. The molecule has 1 saturated heterocycles. The van der Waals surface area contributed by atoms with Crippen molar-refractivity contribution in [3.8, 4) is 0 Å². The number of nitrogens with one attached hydrogen (secondary N) is 1. The van der Waals surface area contributed by atoms with E-state index < -0.39 is 5.60 Å². The molecule has 0 aliphatic carbocycles. The number of likely N-dealkylation sites (tertiary alicyclic amines) is 1. The molecule has 2 heterocycles. The molecule has 7 heteroatoms. The largest absolute Gasteiger partial charge is 0.387 e. The number of hydrogen-bond donors (Lipinski definition) is 2. The molecule has 2 rings (SSSR count). The van der Waals surface area contributed by atoms with E-state index in [4.69, 9.17) is 11.6 Å². The Kier molecular flexibility index (Phi) is 6.56. The van der Waals surface area contributed by atoms with Crippen LogP contribution >= 0.6 is 23.4 Å². The predicted molar refractivity (Wildman–Crippen MR) is 96.5 cm³/mol. The lowest BCUT2D eigenvalue weighted by Crippen LogP contribution is -2.36. The molecule has 0 radical (unpaired) electrons. The lowest BCUT2D eigenvalue weighted by molar-refractivity contribution is 0.0723. The van der Waals surface area contributed by atoms with Gasteiger partial charge in [0.15, 0.2) is 0 Å². The second-order valence-corrected chi connectivity index (χ2v) is 7.46. The highest BCUT2D eigenvalue weighted by Gasteiger charge is 2.22. The number of aliphatic hydroxyl groups is 1. The lowest BCUT2D eigenvalue weighted by atomic mass is 10.1. The summed E-state index contributed by atoms with van der Waals surface area (Å²) in [5.41, 5.74) is -0.328. The number of aromatic nitrogens is 1. The fourth-order valence-electron chi connectivity index (χ4n) is 2.60. The standard InChI is InChI=1S/C16H24ClN3O2S/c1-16(22,11-23-2)10-19-14-13(17)8-12(9-18-14)15(21)20-6-4-3-5-7-20/h8-9,22H,3-7,10-11H2,1-2H3,(H,18,19). The summed E-state index contributed by atoms with van der Waals surface area (Å²) in [4.78, 5) is 18.5. The average Bonchev–Trinajstić information content (AvgIpc) is 2.54. The van der Waals surface area contributed by atoms with Gasteiger partial charge in [0.25, 0.3) is 5.91 Å². The van der Waals surface area contributed by atoms with E-state index in [-0.39, 0.29) is 5.91 Å². The smallest absolute Gasteiger partial charge is 0.255 e. The quantitative estimate of drug-likeness (QED) is 0.819. The van der Waals surface area contributed by atoms with E-state index in [1.165, 1.54) is 6.42 Å². The van der Waals surface area contributed by atoms with Gasteiger partial charge in [0.05, 0.1) is 16.2 Å². The summed E-state index contributed by atoms with van der Waals surface area (Å²) in [5.74, 6) is 1.09. The van der Waals surface area contributed by atoms with E-state index >= 15 is 0 Å². The molecule has 5 nitrogen and oxygen atoms in total. The summed E-state index contributed by atoms with van der Waals surface area (Å²) in [7, 11) is 0. The van der Waals surface area contributed by atoms with Gasteiger partial charge in [0, 0.05) is 31.6 Å². The number of anilines is 1. The number of hydrogen-bond acceptors (Lipinski definition) is 5. The Hall–Kier alpha value is -0.980. The van der Waals surface area contributed by atoms with Crippen molar-refractivity contribution >= 4 is 35.1 Å². The first-order valence-electron chi connectivity index (χ1n) is 7.83. The molecule has 0 spiro atoms. The van der Waals surface area contributed by atoms with Gasteiger partial charge in [0.2, 0.25) is 0 Å². The number of nitrogens with zero attached hydrogens (tertiary/aromatic N) is 2. The number of thioether (sulfide) groups is 1. The topological polar surface area (TPSA) is 65.5 Å². The van der Waals surface area contributed by atoms with Crippen LogP contribution < -0.4 is 5.32 Å². The van der Waals surface area contributed by atoms with E-state index in [1.807, 2.05) is 11.2 Å². The number of piperidine rings is 1. The van der Waals surface area contributed by atoms with Crippen LogP contribution in [0.15, 0.2) is 12.3 Å². The summed E-state index contributed by atoms with van der Waals surface area (Å²) in [6.07, 6.45) is 6.78. The van der Waals surface area contributed by atoms with Crippen molar-refractivity contribution in [2.45, 2.75) is 31.8 Å². The predicted octanol–water partition coefficient (Wildman–Crippen LogP) is 2.89. The Morgan fingerprint density at radius 3 is 2.78 bits per heavy atom. The first kappa shape index (κ1) is 18.4.